The lowest BCUT2D eigenvalue weighted by Crippen LogP contribution is -2.40. The number of hydrogen-bond donors (Lipinski definition) is 0. The van der Waals surface area contributed by atoms with Crippen LogP contribution in [0.25, 0.3) is 6.08 Å². The van der Waals surface area contributed by atoms with Gasteiger partial charge in [-0.05, 0) is 63.1 Å². The number of aromatic nitrogens is 1. The van der Waals surface area contributed by atoms with Crippen molar-refractivity contribution in [2.75, 3.05) is 13.7 Å². The van der Waals surface area contributed by atoms with E-state index in [1.807, 2.05) is 32.0 Å². The van der Waals surface area contributed by atoms with Crippen LogP contribution in [-0.4, -0.2) is 35.3 Å². The first kappa shape index (κ1) is 33.4. The molecule has 47 heavy (non-hydrogen) atoms. The van der Waals surface area contributed by atoms with Crippen molar-refractivity contribution >= 4 is 40.7 Å². The first-order valence-electron chi connectivity index (χ1n) is 14.7. The van der Waals surface area contributed by atoms with Gasteiger partial charge >= 0.3 is 5.97 Å². The molecule has 244 valence electrons. The summed E-state index contributed by atoms with van der Waals surface area (Å²) in [7, 11) is 1.46. The fraction of sp³-hybridized carbons (Fsp3) is 0.265. The van der Waals surface area contributed by atoms with Crippen molar-refractivity contribution in [2.24, 2.45) is 4.99 Å². The van der Waals surface area contributed by atoms with Gasteiger partial charge in [0.25, 0.3) is 11.2 Å². The van der Waals surface area contributed by atoms with Gasteiger partial charge in [0.05, 0.1) is 45.6 Å². The third-order valence-corrected chi connectivity index (χ3v) is 8.41. The number of nitro benzene ring substituents is 1. The van der Waals surface area contributed by atoms with E-state index in [0.29, 0.717) is 43.2 Å². The summed E-state index contributed by atoms with van der Waals surface area (Å²) in [5.41, 5.74) is 2.03. The van der Waals surface area contributed by atoms with E-state index in [9.17, 15) is 19.7 Å². The molecule has 0 amide bonds. The molecule has 1 aromatic heterocycles. The number of rotatable bonds is 11. The lowest BCUT2D eigenvalue weighted by molar-refractivity contribution is -0.384. The van der Waals surface area contributed by atoms with E-state index in [1.54, 1.807) is 50.3 Å². The smallest absolute Gasteiger partial charge is 0.338 e. The van der Waals surface area contributed by atoms with Crippen LogP contribution in [0.4, 0.5) is 5.69 Å². The Balaban J connectivity index is 1.58. The average molecular weight is 678 g/mol. The highest BCUT2D eigenvalue weighted by Crippen LogP contribution is 2.38. The van der Waals surface area contributed by atoms with Crippen molar-refractivity contribution in [3.05, 3.63) is 123 Å². The first-order valence-corrected chi connectivity index (χ1v) is 15.9. The molecular weight excluding hydrogens is 646 g/mol. The van der Waals surface area contributed by atoms with Gasteiger partial charge in [0.2, 0.25) is 0 Å². The number of hydrogen-bond acceptors (Lipinski definition) is 10. The van der Waals surface area contributed by atoms with Crippen molar-refractivity contribution in [3.8, 4) is 17.2 Å². The van der Waals surface area contributed by atoms with Crippen LogP contribution < -0.4 is 29.1 Å². The zero-order chi connectivity index (χ0) is 33.8. The molecule has 2 heterocycles. The summed E-state index contributed by atoms with van der Waals surface area (Å²) in [6.07, 6.45) is 1.51. The van der Waals surface area contributed by atoms with E-state index >= 15 is 0 Å². The van der Waals surface area contributed by atoms with Crippen LogP contribution in [0.5, 0.6) is 17.2 Å². The quantitative estimate of drug-likeness (QED) is 0.112. The molecule has 0 fully saturated rings. The molecule has 0 radical (unpaired) electrons. The molecule has 0 unspecified atom stereocenters. The second kappa shape index (κ2) is 14.2. The zero-order valence-corrected chi connectivity index (χ0v) is 27.9. The van der Waals surface area contributed by atoms with E-state index in [0.717, 1.165) is 0 Å². The fourth-order valence-corrected chi connectivity index (χ4v) is 6.50. The number of benzene rings is 3. The topological polar surface area (TPSA) is 131 Å². The molecule has 0 saturated carbocycles. The number of carbonyl (C=O) groups excluding carboxylic acids is 1. The standard InChI is InChI=1S/C34H32ClN3O8S/c1-6-44-33(40)29-20(4)36-34-37(30(29)24-12-7-8-13-26(24)46-19(2)3)32(39)28(47-34)17-22-15-25(35)31(27(16-22)43-5)45-18-21-10-9-11-23(14-21)38(41)42/h7-17,19,30H,6,18H2,1-5H3/b28-17+/t30-/m1/s1. The number of fused-ring (bicyclic) bond motifs is 1. The Morgan fingerprint density at radius 1 is 1.15 bits per heavy atom. The Morgan fingerprint density at radius 3 is 2.62 bits per heavy atom. The minimum atomic E-state index is -0.842. The number of thiazole rings is 1. The van der Waals surface area contributed by atoms with Crippen molar-refractivity contribution in [3.63, 3.8) is 0 Å². The number of methoxy groups -OCH3 is 1. The molecule has 4 aromatic rings. The molecule has 5 rings (SSSR count). The van der Waals surface area contributed by atoms with Crippen LogP contribution in [0.15, 0.2) is 81.7 Å². The van der Waals surface area contributed by atoms with Gasteiger partial charge in [-0.1, -0.05) is 53.3 Å². The Hall–Kier alpha value is -4.94. The van der Waals surface area contributed by atoms with Crippen LogP contribution >= 0.6 is 22.9 Å². The molecule has 0 N–H and O–H groups in total. The van der Waals surface area contributed by atoms with Crippen LogP contribution in [0.3, 0.4) is 0 Å². The van der Waals surface area contributed by atoms with E-state index < -0.39 is 16.9 Å². The van der Waals surface area contributed by atoms with Gasteiger partial charge in [-0.2, -0.15) is 0 Å². The number of allylic oxidation sites excluding steroid dienone is 1. The summed E-state index contributed by atoms with van der Waals surface area (Å²) in [4.78, 5) is 43.2. The van der Waals surface area contributed by atoms with E-state index in [1.165, 1.54) is 35.1 Å². The lowest BCUT2D eigenvalue weighted by Gasteiger charge is -2.26. The normalized spacial score (nSPS) is 14.4. The number of ether oxygens (including phenoxy) is 4. The molecule has 11 nitrogen and oxygen atoms in total. The van der Waals surface area contributed by atoms with Gasteiger partial charge < -0.3 is 18.9 Å². The van der Waals surface area contributed by atoms with E-state index in [2.05, 4.69) is 4.99 Å². The molecule has 13 heteroatoms. The molecule has 0 saturated heterocycles. The fourth-order valence-electron chi connectivity index (χ4n) is 5.18. The summed E-state index contributed by atoms with van der Waals surface area (Å²) in [5, 5.41) is 11.4. The maximum Gasteiger partial charge on any atom is 0.338 e. The largest absolute Gasteiger partial charge is 0.493 e. The monoisotopic (exact) mass is 677 g/mol. The number of nitro groups is 1. The van der Waals surface area contributed by atoms with Gasteiger partial charge in [-0.15, -0.1) is 0 Å². The SMILES string of the molecule is CCOC(=O)C1=C(C)N=c2s/c(=C/c3cc(Cl)c(OCc4cccc([N+](=O)[O-])c4)c(OC)c3)c(=O)n2[C@@H]1c1ccccc1OC(C)C. The summed E-state index contributed by atoms with van der Waals surface area (Å²) in [6, 6.07) is 15.9. The number of non-ortho nitro benzene ring substituents is 1. The third kappa shape index (κ3) is 7.08. The van der Waals surface area contributed by atoms with Crippen molar-refractivity contribution < 1.29 is 28.7 Å². The highest BCUT2D eigenvalue weighted by atomic mass is 35.5. The summed E-state index contributed by atoms with van der Waals surface area (Å²) in [5.74, 6) is 0.524. The molecule has 1 atom stereocenters. The van der Waals surface area contributed by atoms with Gasteiger partial charge in [-0.3, -0.25) is 19.5 Å². The van der Waals surface area contributed by atoms with Gasteiger partial charge in [0, 0.05) is 17.7 Å². The Bertz CT molecular complexity index is 2070. The number of para-hydroxylation sites is 1. The maximum absolute atomic E-state index is 14.1. The second-order valence-electron chi connectivity index (χ2n) is 10.8. The Kier molecular flexibility index (Phi) is 10.1. The van der Waals surface area contributed by atoms with Crippen molar-refractivity contribution in [2.45, 2.75) is 46.4 Å². The molecular formula is C34H32ClN3O8S. The zero-order valence-electron chi connectivity index (χ0n) is 26.3. The van der Waals surface area contributed by atoms with Gasteiger partial charge in [0.1, 0.15) is 18.4 Å². The maximum atomic E-state index is 14.1. The number of carbonyl (C=O) groups is 1. The predicted molar refractivity (Wildman–Crippen MR) is 178 cm³/mol. The number of halogens is 1. The van der Waals surface area contributed by atoms with E-state index in [4.69, 9.17) is 30.5 Å². The van der Waals surface area contributed by atoms with E-state index in [-0.39, 0.29) is 46.9 Å². The third-order valence-electron chi connectivity index (χ3n) is 7.15. The number of nitrogens with zero attached hydrogens (tertiary/aromatic N) is 3. The predicted octanol–water partition coefficient (Wildman–Crippen LogP) is 5.73. The molecule has 0 spiro atoms. The highest BCUT2D eigenvalue weighted by Gasteiger charge is 2.35. The van der Waals surface area contributed by atoms with Crippen LogP contribution in [0, 0.1) is 10.1 Å². The number of esters is 1. The summed E-state index contributed by atoms with van der Waals surface area (Å²) in [6.45, 7) is 7.42. The molecule has 0 aliphatic carbocycles. The van der Waals surface area contributed by atoms with Gasteiger partial charge in [0.15, 0.2) is 16.3 Å². The molecule has 1 aliphatic heterocycles. The second-order valence-corrected chi connectivity index (χ2v) is 12.2. The highest BCUT2D eigenvalue weighted by molar-refractivity contribution is 7.07. The minimum Gasteiger partial charge on any atom is -0.493 e. The first-order chi connectivity index (χ1) is 22.5. The van der Waals surface area contributed by atoms with Crippen molar-refractivity contribution in [1.29, 1.82) is 0 Å². The molecule has 3 aromatic carbocycles. The summed E-state index contributed by atoms with van der Waals surface area (Å²) >= 11 is 7.80. The van der Waals surface area contributed by atoms with Crippen LogP contribution in [-0.2, 0) is 16.1 Å². The van der Waals surface area contributed by atoms with Crippen molar-refractivity contribution in [1.82, 2.24) is 4.57 Å². The molecule has 0 bridgehead atoms. The average Bonchev–Trinajstić information content (AvgIpc) is 3.33. The summed E-state index contributed by atoms with van der Waals surface area (Å²) < 4.78 is 24.8. The van der Waals surface area contributed by atoms with Gasteiger partial charge in [-0.25, -0.2) is 9.79 Å². The minimum absolute atomic E-state index is 0.0137. The Morgan fingerprint density at radius 2 is 1.91 bits per heavy atom. The van der Waals surface area contributed by atoms with Crippen LogP contribution in [0.1, 0.15) is 50.4 Å². The lowest BCUT2D eigenvalue weighted by atomic mass is 9.95. The Labute approximate surface area is 279 Å². The molecule has 1 aliphatic rings. The van der Waals surface area contributed by atoms with Crippen LogP contribution in [0.2, 0.25) is 5.02 Å².